The van der Waals surface area contributed by atoms with Crippen molar-refractivity contribution in [3.05, 3.63) is 16.1 Å². The lowest BCUT2D eigenvalue weighted by Gasteiger charge is -2.14. The van der Waals surface area contributed by atoms with E-state index in [0.717, 1.165) is 21.6 Å². The summed E-state index contributed by atoms with van der Waals surface area (Å²) >= 11 is 2.19. The second-order valence-corrected chi connectivity index (χ2v) is 6.05. The van der Waals surface area contributed by atoms with E-state index in [2.05, 4.69) is 44.8 Å². The van der Waals surface area contributed by atoms with Gasteiger partial charge >= 0.3 is 0 Å². The molecule has 0 saturated carbocycles. The van der Waals surface area contributed by atoms with Crippen LogP contribution in [-0.4, -0.2) is 32.2 Å². The molecule has 0 aliphatic carbocycles. The third kappa shape index (κ3) is 4.87. The van der Waals surface area contributed by atoms with Gasteiger partial charge in [0.15, 0.2) is 0 Å². The smallest absolute Gasteiger partial charge is 0.143 e. The quantitative estimate of drug-likeness (QED) is 0.829. The van der Waals surface area contributed by atoms with Gasteiger partial charge in [-0.1, -0.05) is 0 Å². The molecule has 0 spiro atoms. The number of hydrogen-bond acceptors (Lipinski definition) is 4. The molecule has 1 aromatic rings. The van der Waals surface area contributed by atoms with E-state index in [1.54, 1.807) is 12.5 Å². The van der Waals surface area contributed by atoms with E-state index in [9.17, 15) is 4.21 Å². The summed E-state index contributed by atoms with van der Waals surface area (Å²) in [6, 6.07) is 0.275. The van der Waals surface area contributed by atoms with Crippen LogP contribution in [0.25, 0.3) is 0 Å². The lowest BCUT2D eigenvalue weighted by atomic mass is 10.2. The van der Waals surface area contributed by atoms with Crippen LogP contribution in [-0.2, 0) is 10.8 Å². The molecule has 0 aliphatic heterocycles. The molecule has 15 heavy (non-hydrogen) atoms. The Kier molecular flexibility index (Phi) is 5.44. The van der Waals surface area contributed by atoms with Gasteiger partial charge in [0.1, 0.15) is 12.1 Å². The molecule has 0 saturated heterocycles. The molecular formula is C9H14IN3OS. The highest BCUT2D eigenvalue weighted by Crippen LogP contribution is 2.14. The molecule has 0 bridgehead atoms. The minimum atomic E-state index is -0.724. The van der Waals surface area contributed by atoms with Gasteiger partial charge in [0.25, 0.3) is 0 Å². The Morgan fingerprint density at radius 2 is 2.40 bits per heavy atom. The fourth-order valence-corrected chi connectivity index (χ4v) is 2.21. The molecule has 6 heteroatoms. The predicted octanol–water partition coefficient (Wildman–Crippen LogP) is 1.65. The number of hydrogen-bond donors (Lipinski definition) is 1. The van der Waals surface area contributed by atoms with E-state index >= 15 is 0 Å². The van der Waals surface area contributed by atoms with Crippen molar-refractivity contribution < 1.29 is 4.21 Å². The van der Waals surface area contributed by atoms with Crippen LogP contribution in [0.4, 0.5) is 5.82 Å². The summed E-state index contributed by atoms with van der Waals surface area (Å²) in [5, 5.41) is 3.27. The molecule has 1 N–H and O–H groups in total. The maximum absolute atomic E-state index is 10.9. The van der Waals surface area contributed by atoms with Crippen LogP contribution in [0.2, 0.25) is 0 Å². The van der Waals surface area contributed by atoms with Gasteiger partial charge in [-0.05, 0) is 35.9 Å². The second kappa shape index (κ2) is 6.37. The lowest BCUT2D eigenvalue weighted by Crippen LogP contribution is -2.19. The topological polar surface area (TPSA) is 54.9 Å². The largest absolute Gasteiger partial charge is 0.367 e. The highest BCUT2D eigenvalue weighted by molar-refractivity contribution is 14.1. The fraction of sp³-hybridized carbons (Fsp3) is 0.556. The Balaban J connectivity index is 2.47. The summed E-state index contributed by atoms with van der Waals surface area (Å²) in [4.78, 5) is 8.06. The Hall–Kier alpha value is -0.240. The number of rotatable bonds is 5. The van der Waals surface area contributed by atoms with Crippen molar-refractivity contribution in [3.8, 4) is 0 Å². The van der Waals surface area contributed by atoms with Crippen molar-refractivity contribution in [2.45, 2.75) is 19.4 Å². The molecule has 2 unspecified atom stereocenters. The summed E-state index contributed by atoms with van der Waals surface area (Å²) in [6.45, 7) is 2.06. The van der Waals surface area contributed by atoms with Gasteiger partial charge in [-0.25, -0.2) is 9.97 Å². The van der Waals surface area contributed by atoms with Gasteiger partial charge < -0.3 is 5.32 Å². The molecule has 0 fully saturated rings. The van der Waals surface area contributed by atoms with Crippen LogP contribution >= 0.6 is 22.6 Å². The Morgan fingerprint density at radius 1 is 1.67 bits per heavy atom. The molecule has 1 rings (SSSR count). The highest BCUT2D eigenvalue weighted by atomic mass is 127. The van der Waals surface area contributed by atoms with Gasteiger partial charge in [0.05, 0.1) is 3.57 Å². The van der Waals surface area contributed by atoms with Gasteiger partial charge in [-0.2, -0.15) is 0 Å². The summed E-state index contributed by atoms with van der Waals surface area (Å²) in [7, 11) is -0.724. The van der Waals surface area contributed by atoms with Crippen LogP contribution in [0.15, 0.2) is 12.5 Å². The Morgan fingerprint density at radius 3 is 3.00 bits per heavy atom. The van der Waals surface area contributed by atoms with E-state index in [1.165, 1.54) is 6.33 Å². The van der Waals surface area contributed by atoms with Crippen molar-refractivity contribution in [1.82, 2.24) is 9.97 Å². The molecule has 84 valence electrons. The molecular weight excluding hydrogens is 325 g/mol. The zero-order chi connectivity index (χ0) is 11.3. The van der Waals surface area contributed by atoms with Crippen molar-refractivity contribution in [2.24, 2.45) is 0 Å². The predicted molar refractivity (Wildman–Crippen MR) is 71.4 cm³/mol. The maximum atomic E-state index is 10.9. The lowest BCUT2D eigenvalue weighted by molar-refractivity contribution is 0.678. The highest BCUT2D eigenvalue weighted by Gasteiger charge is 2.06. The van der Waals surface area contributed by atoms with Crippen molar-refractivity contribution in [2.75, 3.05) is 17.3 Å². The van der Waals surface area contributed by atoms with Gasteiger partial charge in [0, 0.05) is 35.0 Å². The first kappa shape index (κ1) is 12.8. The standard InChI is InChI=1S/C9H14IN3OS/c1-7(3-4-15(2)14)13-9-8(10)5-11-6-12-9/h5-7H,3-4H2,1-2H3,(H,11,12,13). The molecule has 0 aromatic carbocycles. The fourth-order valence-electron chi connectivity index (χ4n) is 1.07. The van der Waals surface area contributed by atoms with E-state index in [0.29, 0.717) is 0 Å². The van der Waals surface area contributed by atoms with E-state index in [-0.39, 0.29) is 6.04 Å². The molecule has 0 amide bonds. The molecule has 4 nitrogen and oxygen atoms in total. The summed E-state index contributed by atoms with van der Waals surface area (Å²) in [5.41, 5.74) is 0. The molecule has 1 heterocycles. The summed E-state index contributed by atoms with van der Waals surface area (Å²) in [6.07, 6.45) is 5.89. The third-order valence-electron chi connectivity index (χ3n) is 1.89. The summed E-state index contributed by atoms with van der Waals surface area (Å²) in [5.74, 6) is 1.57. The monoisotopic (exact) mass is 339 g/mol. The molecule has 1 aromatic heterocycles. The van der Waals surface area contributed by atoms with Crippen molar-refractivity contribution >= 4 is 39.2 Å². The van der Waals surface area contributed by atoms with Crippen LogP contribution in [0, 0.1) is 3.57 Å². The van der Waals surface area contributed by atoms with Crippen molar-refractivity contribution in [3.63, 3.8) is 0 Å². The minimum Gasteiger partial charge on any atom is -0.367 e. The first-order chi connectivity index (χ1) is 7.09. The van der Waals surface area contributed by atoms with Crippen LogP contribution in [0.1, 0.15) is 13.3 Å². The normalized spacial score (nSPS) is 14.6. The zero-order valence-electron chi connectivity index (χ0n) is 8.74. The Labute approximate surface area is 106 Å². The Bertz CT molecular complexity index is 348. The number of aromatic nitrogens is 2. The van der Waals surface area contributed by atoms with E-state index in [4.69, 9.17) is 0 Å². The van der Waals surface area contributed by atoms with Crippen LogP contribution < -0.4 is 5.32 Å². The average molecular weight is 339 g/mol. The van der Waals surface area contributed by atoms with E-state index < -0.39 is 10.8 Å². The van der Waals surface area contributed by atoms with Crippen molar-refractivity contribution in [1.29, 1.82) is 0 Å². The molecule has 0 aliphatic rings. The third-order valence-corrected chi connectivity index (χ3v) is 3.49. The molecule has 0 radical (unpaired) electrons. The van der Waals surface area contributed by atoms with Gasteiger partial charge in [-0.15, -0.1) is 0 Å². The first-order valence-corrected chi connectivity index (χ1v) is 7.42. The van der Waals surface area contributed by atoms with Gasteiger partial charge in [0.2, 0.25) is 0 Å². The van der Waals surface area contributed by atoms with E-state index in [1.807, 2.05) is 0 Å². The zero-order valence-corrected chi connectivity index (χ0v) is 11.7. The average Bonchev–Trinajstić information content (AvgIpc) is 2.18. The first-order valence-electron chi connectivity index (χ1n) is 4.61. The van der Waals surface area contributed by atoms with Crippen LogP contribution in [0.5, 0.6) is 0 Å². The maximum Gasteiger partial charge on any atom is 0.143 e. The summed E-state index contributed by atoms with van der Waals surface area (Å²) < 4.78 is 11.9. The number of nitrogens with zero attached hydrogens (tertiary/aromatic N) is 2. The van der Waals surface area contributed by atoms with Gasteiger partial charge in [-0.3, -0.25) is 4.21 Å². The number of nitrogens with one attached hydrogen (secondary N) is 1. The number of halogens is 1. The number of anilines is 1. The molecule has 2 atom stereocenters. The van der Waals surface area contributed by atoms with Crippen LogP contribution in [0.3, 0.4) is 0 Å². The second-order valence-electron chi connectivity index (χ2n) is 3.33. The minimum absolute atomic E-state index is 0.275. The SMILES string of the molecule is CC(CCS(C)=O)Nc1ncncc1I.